The van der Waals surface area contributed by atoms with E-state index in [4.69, 9.17) is 11.0 Å². The summed E-state index contributed by atoms with van der Waals surface area (Å²) in [7, 11) is 0. The zero-order valence-electron chi connectivity index (χ0n) is 7.77. The van der Waals surface area contributed by atoms with Crippen LogP contribution >= 0.6 is 0 Å². The van der Waals surface area contributed by atoms with E-state index in [1.54, 1.807) is 24.3 Å². The summed E-state index contributed by atoms with van der Waals surface area (Å²) in [6.07, 6.45) is 0. The molecule has 0 saturated heterocycles. The number of rotatable bonds is 1. The molecule has 15 heavy (non-hydrogen) atoms. The number of primary amides is 1. The Morgan fingerprint density at radius 1 is 1.33 bits per heavy atom. The SMILES string of the molecule is N#Cc1cccc2ccc(C(N)=O)nc12. The lowest BCUT2D eigenvalue weighted by Gasteiger charge is -2.00. The number of nitrogens with two attached hydrogens (primary N) is 1. The monoisotopic (exact) mass is 197 g/mol. The van der Waals surface area contributed by atoms with Crippen molar-refractivity contribution in [3.05, 3.63) is 41.6 Å². The quantitative estimate of drug-likeness (QED) is 0.746. The molecule has 1 heterocycles. The van der Waals surface area contributed by atoms with Crippen LogP contribution in [0.1, 0.15) is 16.1 Å². The molecule has 0 aliphatic carbocycles. The van der Waals surface area contributed by atoms with Gasteiger partial charge in [-0.3, -0.25) is 4.79 Å². The van der Waals surface area contributed by atoms with Gasteiger partial charge in [-0.2, -0.15) is 5.26 Å². The van der Waals surface area contributed by atoms with E-state index in [9.17, 15) is 4.79 Å². The molecule has 1 aromatic heterocycles. The predicted octanol–water partition coefficient (Wildman–Crippen LogP) is 1.21. The number of carbonyl (C=O) groups excluding carboxylic acids is 1. The predicted molar refractivity (Wildman–Crippen MR) is 55.0 cm³/mol. The minimum absolute atomic E-state index is 0.171. The van der Waals surface area contributed by atoms with E-state index in [2.05, 4.69) is 4.98 Å². The van der Waals surface area contributed by atoms with E-state index in [0.29, 0.717) is 11.1 Å². The van der Waals surface area contributed by atoms with Gasteiger partial charge in [-0.25, -0.2) is 4.98 Å². The maximum absolute atomic E-state index is 10.9. The zero-order valence-corrected chi connectivity index (χ0v) is 7.77. The molecular weight excluding hydrogens is 190 g/mol. The van der Waals surface area contributed by atoms with E-state index in [0.717, 1.165) is 5.39 Å². The molecular formula is C11H7N3O. The van der Waals surface area contributed by atoms with Gasteiger partial charge in [-0.1, -0.05) is 18.2 Å². The molecule has 2 N–H and O–H groups in total. The maximum Gasteiger partial charge on any atom is 0.267 e. The molecule has 0 aliphatic heterocycles. The maximum atomic E-state index is 10.9. The highest BCUT2D eigenvalue weighted by Gasteiger charge is 2.06. The van der Waals surface area contributed by atoms with Crippen LogP contribution in [0.3, 0.4) is 0 Å². The van der Waals surface area contributed by atoms with E-state index in [1.165, 1.54) is 0 Å². The second-order valence-corrected chi connectivity index (χ2v) is 3.05. The summed E-state index contributed by atoms with van der Waals surface area (Å²) < 4.78 is 0. The molecule has 0 atom stereocenters. The van der Waals surface area contributed by atoms with Crippen molar-refractivity contribution >= 4 is 16.8 Å². The van der Waals surface area contributed by atoms with Crippen LogP contribution in [0.2, 0.25) is 0 Å². The second kappa shape index (κ2) is 3.39. The average Bonchev–Trinajstić information content (AvgIpc) is 2.27. The highest BCUT2D eigenvalue weighted by atomic mass is 16.1. The highest BCUT2D eigenvalue weighted by Crippen LogP contribution is 2.16. The molecule has 4 heteroatoms. The van der Waals surface area contributed by atoms with Crippen molar-refractivity contribution in [1.29, 1.82) is 5.26 Å². The Labute approximate surface area is 86.0 Å². The summed E-state index contributed by atoms with van der Waals surface area (Å²) in [6, 6.07) is 10.5. The minimum Gasteiger partial charge on any atom is -0.364 e. The molecule has 0 saturated carbocycles. The number of amides is 1. The number of pyridine rings is 1. The van der Waals surface area contributed by atoms with Gasteiger partial charge in [0.25, 0.3) is 5.91 Å². The van der Waals surface area contributed by atoms with Crippen molar-refractivity contribution in [2.24, 2.45) is 5.73 Å². The van der Waals surface area contributed by atoms with Gasteiger partial charge in [0.1, 0.15) is 11.8 Å². The first kappa shape index (κ1) is 9.16. The molecule has 4 nitrogen and oxygen atoms in total. The van der Waals surface area contributed by atoms with Crippen molar-refractivity contribution in [2.75, 3.05) is 0 Å². The second-order valence-electron chi connectivity index (χ2n) is 3.05. The smallest absolute Gasteiger partial charge is 0.267 e. The van der Waals surface area contributed by atoms with Crippen LogP contribution in [0, 0.1) is 11.3 Å². The third-order valence-electron chi connectivity index (χ3n) is 2.09. The Hall–Kier alpha value is -2.41. The van der Waals surface area contributed by atoms with E-state index < -0.39 is 5.91 Å². The number of fused-ring (bicyclic) bond motifs is 1. The normalized spacial score (nSPS) is 9.80. The van der Waals surface area contributed by atoms with Crippen LogP contribution in [-0.4, -0.2) is 10.9 Å². The van der Waals surface area contributed by atoms with Gasteiger partial charge in [-0.15, -0.1) is 0 Å². The van der Waals surface area contributed by atoms with Crippen LogP contribution in [0.4, 0.5) is 0 Å². The topological polar surface area (TPSA) is 79.8 Å². The molecule has 0 bridgehead atoms. The van der Waals surface area contributed by atoms with Crippen molar-refractivity contribution in [1.82, 2.24) is 4.98 Å². The van der Waals surface area contributed by atoms with E-state index >= 15 is 0 Å². The molecule has 72 valence electrons. The van der Waals surface area contributed by atoms with E-state index in [-0.39, 0.29) is 5.69 Å². The van der Waals surface area contributed by atoms with Crippen molar-refractivity contribution in [2.45, 2.75) is 0 Å². The summed E-state index contributed by atoms with van der Waals surface area (Å²) in [4.78, 5) is 15.0. The Bertz CT molecular complexity index is 584. The molecule has 0 fully saturated rings. The van der Waals surface area contributed by atoms with Crippen LogP contribution in [0.5, 0.6) is 0 Å². The van der Waals surface area contributed by atoms with Gasteiger partial charge in [0.15, 0.2) is 0 Å². The molecule has 0 spiro atoms. The summed E-state index contributed by atoms with van der Waals surface area (Å²) >= 11 is 0. The highest BCUT2D eigenvalue weighted by molar-refractivity contribution is 5.94. The molecule has 0 unspecified atom stereocenters. The fourth-order valence-electron chi connectivity index (χ4n) is 1.37. The molecule has 1 amide bonds. The number of para-hydroxylation sites is 1. The lowest BCUT2D eigenvalue weighted by molar-refractivity contribution is 0.0996. The number of carbonyl (C=O) groups is 1. The first-order valence-corrected chi connectivity index (χ1v) is 4.32. The number of benzene rings is 1. The number of aromatic nitrogens is 1. The van der Waals surface area contributed by atoms with Crippen molar-refractivity contribution in [3.8, 4) is 6.07 Å². The lowest BCUT2D eigenvalue weighted by atomic mass is 10.1. The molecule has 0 aliphatic rings. The van der Waals surface area contributed by atoms with Gasteiger partial charge < -0.3 is 5.73 Å². The summed E-state index contributed by atoms with van der Waals surface area (Å²) in [5.41, 5.74) is 6.23. The van der Waals surface area contributed by atoms with E-state index in [1.807, 2.05) is 12.1 Å². The summed E-state index contributed by atoms with van der Waals surface area (Å²) in [5, 5.41) is 9.68. The standard InChI is InChI=1S/C11H7N3O/c12-6-8-3-1-2-7-4-5-9(11(13)15)14-10(7)8/h1-5H,(H2,13,15). The molecule has 1 aromatic carbocycles. The Kier molecular flexibility index (Phi) is 2.07. The Balaban J connectivity index is 2.80. The van der Waals surface area contributed by atoms with Gasteiger partial charge in [-0.05, 0) is 12.1 Å². The van der Waals surface area contributed by atoms with Gasteiger partial charge in [0, 0.05) is 5.39 Å². The first-order chi connectivity index (χ1) is 7.22. The third-order valence-corrected chi connectivity index (χ3v) is 2.09. The Morgan fingerprint density at radius 3 is 2.80 bits per heavy atom. The largest absolute Gasteiger partial charge is 0.364 e. The summed E-state index contributed by atoms with van der Waals surface area (Å²) in [6.45, 7) is 0. The van der Waals surface area contributed by atoms with Crippen LogP contribution < -0.4 is 5.73 Å². The zero-order chi connectivity index (χ0) is 10.8. The van der Waals surface area contributed by atoms with Gasteiger partial charge in [0.05, 0.1) is 11.1 Å². The molecule has 2 rings (SSSR count). The Morgan fingerprint density at radius 2 is 2.13 bits per heavy atom. The first-order valence-electron chi connectivity index (χ1n) is 4.32. The van der Waals surface area contributed by atoms with Gasteiger partial charge in [0.2, 0.25) is 0 Å². The molecule has 0 radical (unpaired) electrons. The van der Waals surface area contributed by atoms with Gasteiger partial charge >= 0.3 is 0 Å². The number of hydrogen-bond donors (Lipinski definition) is 1. The van der Waals surface area contributed by atoms with Crippen LogP contribution in [-0.2, 0) is 0 Å². The average molecular weight is 197 g/mol. The summed E-state index contributed by atoms with van der Waals surface area (Å²) in [5.74, 6) is -0.593. The van der Waals surface area contributed by atoms with Crippen molar-refractivity contribution in [3.63, 3.8) is 0 Å². The number of nitrogens with zero attached hydrogens (tertiary/aromatic N) is 2. The fraction of sp³-hybridized carbons (Fsp3) is 0. The minimum atomic E-state index is -0.593. The lowest BCUT2D eigenvalue weighted by Crippen LogP contribution is -2.12. The number of nitriles is 1. The van der Waals surface area contributed by atoms with Crippen molar-refractivity contribution < 1.29 is 4.79 Å². The number of hydrogen-bond acceptors (Lipinski definition) is 3. The third kappa shape index (κ3) is 1.51. The van der Waals surface area contributed by atoms with Crippen LogP contribution in [0.25, 0.3) is 10.9 Å². The molecule has 2 aromatic rings. The fourth-order valence-corrected chi connectivity index (χ4v) is 1.37. The van der Waals surface area contributed by atoms with Crippen LogP contribution in [0.15, 0.2) is 30.3 Å².